The van der Waals surface area contributed by atoms with Crippen LogP contribution in [0.3, 0.4) is 0 Å². The Kier molecular flexibility index (Phi) is 10.3. The number of benzene rings is 7. The summed E-state index contributed by atoms with van der Waals surface area (Å²) in [6.07, 6.45) is 5.69. The van der Waals surface area contributed by atoms with E-state index in [9.17, 15) is 0 Å². The van der Waals surface area contributed by atoms with E-state index in [0.717, 1.165) is 60.7 Å². The van der Waals surface area contributed by atoms with Crippen molar-refractivity contribution in [2.75, 3.05) is 0 Å². The summed E-state index contributed by atoms with van der Waals surface area (Å²) in [6, 6.07) is 46.4. The first-order chi connectivity index (χ1) is 35.7. The smallest absolute Gasteiger partial charge is 0.136 e. The first kappa shape index (κ1) is 39.5. The number of hydrogen-bond donors (Lipinski definition) is 0. The average molecular weight is 1100 g/mol. The van der Waals surface area contributed by atoms with Crippen molar-refractivity contribution in [1.29, 1.82) is 0 Å². The van der Waals surface area contributed by atoms with Gasteiger partial charge in [0.2, 0.25) is 0 Å². The maximum absolute atomic E-state index is 8.62. The molecule has 7 aromatic carbocycles. The minimum Gasteiger partial charge on any atom is -0.501 e. The number of aromatic nitrogens is 6. The van der Waals surface area contributed by atoms with Crippen molar-refractivity contribution in [2.24, 2.45) is 0 Å². The molecule has 0 amide bonds. The molecule has 5 aromatic heterocycles. The molecular weight excluding hydrogens is 1040 g/mol. The first-order valence-electron chi connectivity index (χ1n) is 26.2. The Morgan fingerprint density at radius 1 is 0.671 bits per heavy atom. The molecule has 0 N–H and O–H groups in total. The molecule has 0 unspecified atom stereocenters. The summed E-state index contributed by atoms with van der Waals surface area (Å²) >= 11 is 0. The zero-order chi connectivity index (χ0) is 52.7. The summed E-state index contributed by atoms with van der Waals surface area (Å²) in [7, 11) is 0. The van der Waals surface area contributed by atoms with Crippen LogP contribution in [0.4, 0.5) is 0 Å². The van der Waals surface area contributed by atoms with E-state index >= 15 is 0 Å². The zero-order valence-electron chi connectivity index (χ0n) is 45.8. The molecule has 0 aliphatic heterocycles. The Labute approximate surface area is 429 Å². The predicted octanol–water partition coefficient (Wildman–Crippen LogP) is 16.0. The van der Waals surface area contributed by atoms with E-state index in [1.807, 2.05) is 48.5 Å². The molecule has 0 aliphatic carbocycles. The molecule has 0 aliphatic rings. The average Bonchev–Trinajstić information content (AvgIpc) is 4.08. The maximum atomic E-state index is 8.62. The number of furan rings is 2. The molecule has 8 nitrogen and oxygen atoms in total. The third-order valence-corrected chi connectivity index (χ3v) is 12.8. The van der Waals surface area contributed by atoms with Gasteiger partial charge in [-0.05, 0) is 95.0 Å². The third kappa shape index (κ3) is 8.17. The van der Waals surface area contributed by atoms with E-state index in [2.05, 4.69) is 158 Å². The molecular formula is C61H52IrN6O2-2. The van der Waals surface area contributed by atoms with Gasteiger partial charge in [-0.3, -0.25) is 15.0 Å². The minimum atomic E-state index is -2.42. The molecule has 9 heteroatoms. The van der Waals surface area contributed by atoms with Gasteiger partial charge in [0.15, 0.2) is 0 Å². The molecule has 0 saturated carbocycles. The van der Waals surface area contributed by atoms with Gasteiger partial charge in [0.1, 0.15) is 16.7 Å². The fourth-order valence-corrected chi connectivity index (χ4v) is 9.36. The van der Waals surface area contributed by atoms with Crippen LogP contribution in [0.15, 0.2) is 149 Å². The summed E-state index contributed by atoms with van der Waals surface area (Å²) in [4.78, 5) is 21.6. The second kappa shape index (κ2) is 18.2. The molecule has 12 rings (SSSR count). The molecule has 0 atom stereocenters. The molecule has 349 valence electrons. The van der Waals surface area contributed by atoms with Crippen LogP contribution in [0.25, 0.3) is 105 Å². The SMILES string of the molecule is [2H]C([2H])([2H])c1c[c-]c(-c2nc3ccc4ccccc4c3n2-c2c(C(C)C)cc(-c3ccccc3)cc2C(C)C)c2oc3cc4c(cc3c12)oc1ccccc14.[2H]C([2H])([2H])c1n[c-]c(-c2nccc(C(C)(C)C)n2)cn1.[Ir]. The number of imidazole rings is 1. The molecule has 0 bridgehead atoms. The number of para-hydroxylation sites is 1. The Morgan fingerprint density at radius 3 is 2.10 bits per heavy atom. The fourth-order valence-electron chi connectivity index (χ4n) is 9.36. The minimum absolute atomic E-state index is 0. The van der Waals surface area contributed by atoms with E-state index in [0.29, 0.717) is 50.3 Å². The van der Waals surface area contributed by atoms with Gasteiger partial charge in [0.25, 0.3) is 0 Å². The van der Waals surface area contributed by atoms with E-state index in [4.69, 9.17) is 22.0 Å². The number of hydrogen-bond acceptors (Lipinski definition) is 7. The van der Waals surface area contributed by atoms with Crippen LogP contribution >= 0.6 is 0 Å². The maximum Gasteiger partial charge on any atom is 0.136 e. The van der Waals surface area contributed by atoms with Crippen molar-refractivity contribution in [3.05, 3.63) is 180 Å². The zero-order valence-corrected chi connectivity index (χ0v) is 42.2. The number of rotatable bonds is 6. The number of aryl methyl sites for hydroxylation is 2. The second-order valence-electron chi connectivity index (χ2n) is 19.2. The van der Waals surface area contributed by atoms with Crippen LogP contribution in [0.5, 0.6) is 0 Å². The summed E-state index contributed by atoms with van der Waals surface area (Å²) < 4.78 is 62.9. The van der Waals surface area contributed by atoms with Crippen molar-refractivity contribution in [2.45, 2.75) is 79.4 Å². The topological polar surface area (TPSA) is 95.7 Å². The predicted molar refractivity (Wildman–Crippen MR) is 281 cm³/mol. The van der Waals surface area contributed by atoms with Gasteiger partial charge in [-0.1, -0.05) is 157 Å². The molecule has 1 radical (unpaired) electrons. The third-order valence-electron chi connectivity index (χ3n) is 12.8. The van der Waals surface area contributed by atoms with Crippen molar-refractivity contribution < 1.29 is 37.2 Å². The summed E-state index contributed by atoms with van der Waals surface area (Å²) in [5.41, 5.74) is 12.0. The Hall–Kier alpha value is -7.32. The summed E-state index contributed by atoms with van der Waals surface area (Å²) in [5.74, 6) is 1.17. The molecule has 0 saturated heterocycles. The second-order valence-corrected chi connectivity index (χ2v) is 19.2. The van der Waals surface area contributed by atoms with Crippen LogP contribution in [0, 0.1) is 26.0 Å². The van der Waals surface area contributed by atoms with Gasteiger partial charge in [0, 0.05) is 78.7 Å². The van der Waals surface area contributed by atoms with E-state index in [-0.39, 0.29) is 48.7 Å². The van der Waals surface area contributed by atoms with Crippen molar-refractivity contribution >= 4 is 65.7 Å². The quantitative estimate of drug-likeness (QED) is 0.153. The summed E-state index contributed by atoms with van der Waals surface area (Å²) in [6.45, 7) is 10.4. The normalized spacial score (nSPS) is 13.6. The van der Waals surface area contributed by atoms with Crippen molar-refractivity contribution in [3.63, 3.8) is 0 Å². The van der Waals surface area contributed by atoms with Crippen LogP contribution in [-0.4, -0.2) is 29.5 Å². The van der Waals surface area contributed by atoms with E-state index < -0.39 is 13.7 Å². The Bertz CT molecular complexity index is 4120. The number of nitrogens with zero attached hydrogens (tertiary/aromatic N) is 6. The van der Waals surface area contributed by atoms with Crippen LogP contribution < -0.4 is 0 Å². The number of fused-ring (bicyclic) bond motifs is 9. The van der Waals surface area contributed by atoms with E-state index in [1.165, 1.54) is 17.3 Å². The molecule has 0 spiro atoms. The van der Waals surface area contributed by atoms with E-state index in [1.54, 1.807) is 12.3 Å². The van der Waals surface area contributed by atoms with Gasteiger partial charge in [-0.25, -0.2) is 0 Å². The first-order valence-corrected chi connectivity index (χ1v) is 23.2. The monoisotopic (exact) mass is 1100 g/mol. The summed E-state index contributed by atoms with van der Waals surface area (Å²) in [5, 5.41) is 5.24. The molecule has 12 aromatic rings. The van der Waals surface area contributed by atoms with Gasteiger partial charge < -0.3 is 23.4 Å². The van der Waals surface area contributed by atoms with Crippen molar-refractivity contribution in [3.8, 4) is 39.6 Å². The van der Waals surface area contributed by atoms with Gasteiger partial charge in [-0.2, -0.15) is 0 Å². The fraction of sp³-hybridized carbons (Fsp3) is 0.197. The van der Waals surface area contributed by atoms with Crippen LogP contribution in [-0.2, 0) is 25.5 Å². The Morgan fingerprint density at radius 2 is 1.39 bits per heavy atom. The van der Waals surface area contributed by atoms with Gasteiger partial charge >= 0.3 is 0 Å². The molecule has 0 fully saturated rings. The molecule has 70 heavy (non-hydrogen) atoms. The molecule has 5 heterocycles. The largest absolute Gasteiger partial charge is 0.501 e. The Balaban J connectivity index is 0.000000264. The van der Waals surface area contributed by atoms with Crippen LogP contribution in [0.2, 0.25) is 0 Å². The van der Waals surface area contributed by atoms with Crippen molar-refractivity contribution in [1.82, 2.24) is 29.5 Å². The standard InChI is InChI=1S/C48H37N2O2.C13H15N4.Ir/c1-27(2)36-23-32(30-13-7-6-8-14-30)24-37(28(3)4)45(36)50-46-33-16-10-9-15-31(33)20-22-40(46)49-48(50)35-21-19-29(5)44-39-26-42-38(25-43(39)52-47(35)44)34-17-11-12-18-41(34)51-42;1-9-15-7-10(8-16-9)12-14-6-5-11(17-12)13(2,3)4;/h6-20,22-28H,1-5H3;5-7H,1-4H3;/q2*-1;/i5D3;1D3;. The van der Waals surface area contributed by atoms with Crippen LogP contribution in [0.1, 0.15) is 96.7 Å². The van der Waals surface area contributed by atoms with Gasteiger partial charge in [-0.15, -0.1) is 17.7 Å². The van der Waals surface area contributed by atoms with Gasteiger partial charge in [0.05, 0.1) is 28.3 Å².